The zero-order chi connectivity index (χ0) is 13.8. The van der Waals surface area contributed by atoms with Gasteiger partial charge in [0.25, 0.3) is 0 Å². The van der Waals surface area contributed by atoms with Crippen molar-refractivity contribution < 1.29 is 9.47 Å². The van der Waals surface area contributed by atoms with Gasteiger partial charge in [0.1, 0.15) is 0 Å². The third-order valence-electron chi connectivity index (χ3n) is 5.38. The van der Waals surface area contributed by atoms with Gasteiger partial charge in [-0.15, -0.1) is 0 Å². The lowest BCUT2D eigenvalue weighted by molar-refractivity contribution is -0.0893. The second-order valence-electron chi connectivity index (χ2n) is 7.01. The van der Waals surface area contributed by atoms with Crippen LogP contribution >= 0.6 is 0 Å². The van der Waals surface area contributed by atoms with Gasteiger partial charge in [-0.05, 0) is 64.7 Å². The van der Waals surface area contributed by atoms with E-state index in [-0.39, 0.29) is 5.60 Å². The highest BCUT2D eigenvalue weighted by atomic mass is 16.6. The quantitative estimate of drug-likeness (QED) is 0.850. The van der Waals surface area contributed by atoms with Gasteiger partial charge in [-0.25, -0.2) is 0 Å². The number of hydrogen-bond donors (Lipinski definition) is 1. The van der Waals surface area contributed by atoms with E-state index in [1.807, 2.05) is 0 Å². The van der Waals surface area contributed by atoms with E-state index in [2.05, 4.69) is 17.3 Å². The smallest absolute Gasteiger partial charge is 0.0951 e. The zero-order valence-corrected chi connectivity index (χ0v) is 12.9. The van der Waals surface area contributed by atoms with E-state index in [9.17, 15) is 0 Å². The number of rotatable bonds is 4. The number of piperidine rings is 1. The molecule has 3 heterocycles. The molecular weight excluding hydrogens is 252 g/mol. The summed E-state index contributed by atoms with van der Waals surface area (Å²) in [6.07, 6.45) is 7.48. The normalized spacial score (nSPS) is 36.8. The molecular formula is C16H30N2O2. The lowest BCUT2D eigenvalue weighted by Crippen LogP contribution is -2.48. The first-order valence-electron chi connectivity index (χ1n) is 8.39. The number of likely N-dealkylation sites (tertiary alicyclic amines) is 1. The highest BCUT2D eigenvalue weighted by Crippen LogP contribution is 2.32. The Bertz CT molecular complexity index is 297. The Balaban J connectivity index is 1.36. The molecule has 1 N–H and O–H groups in total. The minimum absolute atomic E-state index is 0.0451. The molecule has 2 unspecified atom stereocenters. The molecule has 20 heavy (non-hydrogen) atoms. The maximum Gasteiger partial charge on any atom is 0.0951 e. The molecule has 3 saturated heterocycles. The van der Waals surface area contributed by atoms with Crippen LogP contribution in [0.3, 0.4) is 0 Å². The molecule has 3 fully saturated rings. The van der Waals surface area contributed by atoms with Crippen LogP contribution in [0.25, 0.3) is 0 Å². The Labute approximate surface area is 123 Å². The molecule has 0 bridgehead atoms. The third kappa shape index (κ3) is 3.73. The molecule has 0 aromatic heterocycles. The van der Waals surface area contributed by atoms with Crippen LogP contribution < -0.4 is 5.32 Å². The first-order chi connectivity index (χ1) is 9.76. The van der Waals surface area contributed by atoms with E-state index >= 15 is 0 Å². The highest BCUT2D eigenvalue weighted by molar-refractivity contribution is 4.92. The average Bonchev–Trinajstić information content (AvgIpc) is 2.89. The van der Waals surface area contributed by atoms with Crippen molar-refractivity contribution in [2.24, 2.45) is 5.92 Å². The molecule has 116 valence electrons. The van der Waals surface area contributed by atoms with Crippen molar-refractivity contribution in [1.29, 1.82) is 0 Å². The summed E-state index contributed by atoms with van der Waals surface area (Å²) >= 11 is 0. The van der Waals surface area contributed by atoms with Crippen molar-refractivity contribution in [2.45, 2.75) is 50.2 Å². The van der Waals surface area contributed by atoms with Gasteiger partial charge in [0.2, 0.25) is 0 Å². The maximum atomic E-state index is 5.99. The van der Waals surface area contributed by atoms with Gasteiger partial charge >= 0.3 is 0 Å². The predicted octanol–water partition coefficient (Wildman–Crippen LogP) is 1.65. The number of nitrogens with one attached hydrogen (secondary N) is 1. The second kappa shape index (κ2) is 6.73. The van der Waals surface area contributed by atoms with E-state index in [0.29, 0.717) is 6.04 Å². The molecule has 2 atom stereocenters. The second-order valence-corrected chi connectivity index (χ2v) is 7.01. The van der Waals surface area contributed by atoms with Crippen LogP contribution in [0.4, 0.5) is 0 Å². The van der Waals surface area contributed by atoms with E-state index in [0.717, 1.165) is 45.0 Å². The fourth-order valence-corrected chi connectivity index (χ4v) is 3.91. The number of ether oxygens (including phenoxy) is 2. The highest BCUT2D eigenvalue weighted by Gasteiger charge is 2.40. The summed E-state index contributed by atoms with van der Waals surface area (Å²) in [6.45, 7) is 6.32. The predicted molar refractivity (Wildman–Crippen MR) is 80.0 cm³/mol. The summed E-state index contributed by atoms with van der Waals surface area (Å²) in [5, 5.41) is 3.78. The fourth-order valence-electron chi connectivity index (χ4n) is 3.91. The molecule has 0 aromatic carbocycles. The molecule has 3 aliphatic rings. The van der Waals surface area contributed by atoms with Gasteiger partial charge in [-0.1, -0.05) is 0 Å². The van der Waals surface area contributed by atoms with Crippen LogP contribution in [0.15, 0.2) is 0 Å². The van der Waals surface area contributed by atoms with Gasteiger partial charge in [-0.2, -0.15) is 0 Å². The largest absolute Gasteiger partial charge is 0.378 e. The molecule has 3 rings (SSSR count). The van der Waals surface area contributed by atoms with Crippen molar-refractivity contribution in [3.63, 3.8) is 0 Å². The molecule has 0 saturated carbocycles. The van der Waals surface area contributed by atoms with Gasteiger partial charge in [-0.3, -0.25) is 0 Å². The Morgan fingerprint density at radius 1 is 1.20 bits per heavy atom. The standard InChI is InChI=1S/C16H30N2O2/c1-18-8-3-14(4-9-18)2-7-17-15-5-10-20-16(12-15)6-11-19-13-16/h14-15,17H,2-13H2,1H3. The van der Waals surface area contributed by atoms with Crippen molar-refractivity contribution in [2.75, 3.05) is 46.5 Å². The molecule has 4 nitrogen and oxygen atoms in total. The summed E-state index contributed by atoms with van der Waals surface area (Å²) in [6, 6.07) is 0.636. The Hall–Kier alpha value is -0.160. The SMILES string of the molecule is CN1CCC(CCNC2CCOC3(CCOC3)C2)CC1. The van der Waals surface area contributed by atoms with Gasteiger partial charge < -0.3 is 19.7 Å². The molecule has 3 aliphatic heterocycles. The molecule has 4 heteroatoms. The van der Waals surface area contributed by atoms with Crippen LogP contribution in [0.2, 0.25) is 0 Å². The average molecular weight is 282 g/mol. The minimum Gasteiger partial charge on any atom is -0.378 e. The van der Waals surface area contributed by atoms with Gasteiger partial charge in [0.15, 0.2) is 0 Å². The maximum absolute atomic E-state index is 5.99. The minimum atomic E-state index is 0.0451. The van der Waals surface area contributed by atoms with Crippen LogP contribution in [-0.4, -0.2) is 63.0 Å². The third-order valence-corrected chi connectivity index (χ3v) is 5.38. The molecule has 0 radical (unpaired) electrons. The summed E-state index contributed by atoms with van der Waals surface area (Å²) in [4.78, 5) is 2.45. The molecule has 1 spiro atoms. The van der Waals surface area contributed by atoms with Crippen molar-refractivity contribution >= 4 is 0 Å². The number of hydrogen-bond acceptors (Lipinski definition) is 4. The Morgan fingerprint density at radius 3 is 2.80 bits per heavy atom. The van der Waals surface area contributed by atoms with Gasteiger partial charge in [0.05, 0.1) is 12.2 Å². The van der Waals surface area contributed by atoms with Crippen LogP contribution in [0, 0.1) is 5.92 Å². The van der Waals surface area contributed by atoms with Crippen molar-refractivity contribution in [3.8, 4) is 0 Å². The van der Waals surface area contributed by atoms with E-state index < -0.39 is 0 Å². The van der Waals surface area contributed by atoms with Crippen molar-refractivity contribution in [3.05, 3.63) is 0 Å². The zero-order valence-electron chi connectivity index (χ0n) is 12.9. The fraction of sp³-hybridized carbons (Fsp3) is 1.00. The molecule has 0 aliphatic carbocycles. The Kier molecular flexibility index (Phi) is 4.97. The topological polar surface area (TPSA) is 33.7 Å². The van der Waals surface area contributed by atoms with Crippen LogP contribution in [-0.2, 0) is 9.47 Å². The summed E-state index contributed by atoms with van der Waals surface area (Å²) in [5.74, 6) is 0.933. The lowest BCUT2D eigenvalue weighted by atomic mass is 9.89. The summed E-state index contributed by atoms with van der Waals surface area (Å²) in [5.41, 5.74) is 0.0451. The summed E-state index contributed by atoms with van der Waals surface area (Å²) < 4.78 is 11.5. The first-order valence-corrected chi connectivity index (χ1v) is 8.39. The van der Waals surface area contributed by atoms with E-state index in [1.54, 1.807) is 0 Å². The molecule has 0 aromatic rings. The van der Waals surface area contributed by atoms with E-state index in [4.69, 9.17) is 9.47 Å². The van der Waals surface area contributed by atoms with Crippen LogP contribution in [0.1, 0.15) is 38.5 Å². The van der Waals surface area contributed by atoms with E-state index in [1.165, 1.54) is 38.9 Å². The van der Waals surface area contributed by atoms with Crippen LogP contribution in [0.5, 0.6) is 0 Å². The molecule has 0 amide bonds. The lowest BCUT2D eigenvalue weighted by Gasteiger charge is -2.37. The summed E-state index contributed by atoms with van der Waals surface area (Å²) in [7, 11) is 2.24. The van der Waals surface area contributed by atoms with Gasteiger partial charge in [0, 0.05) is 25.7 Å². The van der Waals surface area contributed by atoms with Crippen molar-refractivity contribution in [1.82, 2.24) is 10.2 Å². The Morgan fingerprint density at radius 2 is 2.05 bits per heavy atom. The number of nitrogens with zero attached hydrogens (tertiary/aromatic N) is 1. The first kappa shape index (κ1) is 14.8. The monoisotopic (exact) mass is 282 g/mol.